The van der Waals surface area contributed by atoms with E-state index in [1.165, 1.54) is 16.7 Å². The highest BCUT2D eigenvalue weighted by Crippen LogP contribution is 2.33. The predicted molar refractivity (Wildman–Crippen MR) is 74.9 cm³/mol. The van der Waals surface area contributed by atoms with Gasteiger partial charge in [-0.15, -0.1) is 0 Å². The molecule has 2 aromatic carbocycles. The van der Waals surface area contributed by atoms with Crippen LogP contribution >= 0.6 is 8.25 Å². The van der Waals surface area contributed by atoms with Crippen LogP contribution in [0, 0.1) is 0 Å². The Morgan fingerprint density at radius 3 is 2.47 bits per heavy atom. The summed E-state index contributed by atoms with van der Waals surface area (Å²) in [6, 6.07) is 14.1. The molecule has 3 nitrogen and oxygen atoms in total. The van der Waals surface area contributed by atoms with Crippen LogP contribution in [0.25, 0.3) is 0 Å². The molecule has 0 amide bonds. The number of hydrogen-bond acceptors (Lipinski definition) is 2. The Bertz CT molecular complexity index is 637. The second kappa shape index (κ2) is 5.20. The Hall–Kier alpha value is -1.57. The van der Waals surface area contributed by atoms with Crippen molar-refractivity contribution in [2.75, 3.05) is 0 Å². The van der Waals surface area contributed by atoms with E-state index in [0.717, 1.165) is 24.8 Å². The maximum Gasteiger partial charge on any atom is 0.365 e. The second-order valence-corrected chi connectivity index (χ2v) is 5.44. The Kier molecular flexibility index (Phi) is 3.41. The second-order valence-electron chi connectivity index (χ2n) is 4.71. The minimum absolute atomic E-state index is 0.552. The molecule has 1 N–H and O–H groups in total. The highest BCUT2D eigenvalue weighted by molar-refractivity contribution is 7.32. The molecular weight excluding hydrogens is 259 g/mol. The zero-order valence-corrected chi connectivity index (χ0v) is 11.4. The maximum absolute atomic E-state index is 10.9. The van der Waals surface area contributed by atoms with Crippen molar-refractivity contribution in [3.05, 3.63) is 64.7 Å². The van der Waals surface area contributed by atoms with E-state index in [1.807, 2.05) is 6.07 Å². The van der Waals surface area contributed by atoms with E-state index < -0.39 is 8.25 Å². The van der Waals surface area contributed by atoms with E-state index in [4.69, 9.17) is 9.42 Å². The molecule has 2 aromatic rings. The van der Waals surface area contributed by atoms with Gasteiger partial charge in [0.25, 0.3) is 0 Å². The molecule has 0 saturated heterocycles. The first-order valence-electron chi connectivity index (χ1n) is 6.32. The van der Waals surface area contributed by atoms with E-state index in [1.54, 1.807) is 6.07 Å². The number of hydrogen-bond donors (Lipinski definition) is 1. The Morgan fingerprint density at radius 2 is 1.68 bits per heavy atom. The Morgan fingerprint density at radius 1 is 0.947 bits per heavy atom. The zero-order chi connectivity index (χ0) is 13.2. The van der Waals surface area contributed by atoms with Gasteiger partial charge in [-0.05, 0) is 47.6 Å². The fourth-order valence-corrected chi connectivity index (χ4v) is 3.07. The van der Waals surface area contributed by atoms with Crippen LogP contribution in [0.3, 0.4) is 0 Å². The van der Waals surface area contributed by atoms with Crippen LogP contribution in [0.1, 0.15) is 22.3 Å². The molecular formula is C15H15O3P. The third-order valence-corrected chi connectivity index (χ3v) is 3.97. The standard InChI is InChI=1S/C15H15O3P/c16-19(17)18-15-7-3-6-13-10-12-5-2-1-4-11(12)8-9-14(13)15/h1-7,19H,8-10H2,(H,16,17). The Balaban J connectivity index is 2.03. The van der Waals surface area contributed by atoms with Crippen LogP contribution in [-0.4, -0.2) is 4.89 Å². The van der Waals surface area contributed by atoms with Gasteiger partial charge >= 0.3 is 8.25 Å². The van der Waals surface area contributed by atoms with Crippen molar-refractivity contribution in [3.63, 3.8) is 0 Å². The Labute approximate surface area is 112 Å². The van der Waals surface area contributed by atoms with Gasteiger partial charge in [-0.25, -0.2) is 4.57 Å². The summed E-state index contributed by atoms with van der Waals surface area (Å²) in [5.74, 6) is 0.552. The monoisotopic (exact) mass is 274 g/mol. The van der Waals surface area contributed by atoms with Gasteiger partial charge in [0.1, 0.15) is 5.75 Å². The molecule has 1 aliphatic carbocycles. The first-order chi connectivity index (χ1) is 9.24. The quantitative estimate of drug-likeness (QED) is 0.856. The fraction of sp³-hybridized carbons (Fsp3) is 0.200. The van der Waals surface area contributed by atoms with E-state index in [0.29, 0.717) is 5.75 Å². The maximum atomic E-state index is 10.9. The predicted octanol–water partition coefficient (Wildman–Crippen LogP) is 3.14. The molecule has 1 atom stereocenters. The minimum atomic E-state index is -2.95. The van der Waals surface area contributed by atoms with Crippen LogP contribution in [0.4, 0.5) is 0 Å². The summed E-state index contributed by atoms with van der Waals surface area (Å²) in [4.78, 5) is 8.98. The van der Waals surface area contributed by atoms with Crippen LogP contribution in [0.5, 0.6) is 5.75 Å². The minimum Gasteiger partial charge on any atom is -0.426 e. The molecule has 0 saturated carbocycles. The van der Waals surface area contributed by atoms with Gasteiger partial charge in [0.15, 0.2) is 0 Å². The van der Waals surface area contributed by atoms with Crippen molar-refractivity contribution in [1.29, 1.82) is 0 Å². The third-order valence-electron chi connectivity index (χ3n) is 3.57. The van der Waals surface area contributed by atoms with Gasteiger partial charge in [-0.2, -0.15) is 0 Å². The fourth-order valence-electron chi connectivity index (χ4n) is 2.69. The number of benzene rings is 2. The molecule has 0 heterocycles. The van der Waals surface area contributed by atoms with Crippen LogP contribution in [-0.2, 0) is 23.8 Å². The van der Waals surface area contributed by atoms with Gasteiger partial charge in [0, 0.05) is 0 Å². The molecule has 0 spiro atoms. The van der Waals surface area contributed by atoms with Crippen molar-refractivity contribution >= 4 is 8.25 Å². The highest BCUT2D eigenvalue weighted by Gasteiger charge is 2.16. The van der Waals surface area contributed by atoms with Crippen molar-refractivity contribution in [3.8, 4) is 5.75 Å². The molecule has 98 valence electrons. The molecule has 0 aromatic heterocycles. The van der Waals surface area contributed by atoms with Crippen molar-refractivity contribution in [1.82, 2.24) is 0 Å². The lowest BCUT2D eigenvalue weighted by atomic mass is 10.0. The lowest BCUT2D eigenvalue weighted by Gasteiger charge is -2.11. The SMILES string of the molecule is O=[PH](O)Oc1cccc2c1CCc1ccccc1C2. The van der Waals surface area contributed by atoms with Gasteiger partial charge in [-0.3, -0.25) is 0 Å². The number of rotatable bonds is 2. The highest BCUT2D eigenvalue weighted by atomic mass is 31.1. The van der Waals surface area contributed by atoms with Crippen molar-refractivity contribution in [2.45, 2.75) is 19.3 Å². The average molecular weight is 274 g/mol. The largest absolute Gasteiger partial charge is 0.426 e. The molecule has 0 aliphatic heterocycles. The molecule has 3 rings (SSSR count). The van der Waals surface area contributed by atoms with Gasteiger partial charge in [0.05, 0.1) is 0 Å². The van der Waals surface area contributed by atoms with Gasteiger partial charge in [0.2, 0.25) is 0 Å². The van der Waals surface area contributed by atoms with Crippen molar-refractivity contribution < 1.29 is 14.0 Å². The number of aryl methyl sites for hydroxylation is 1. The molecule has 0 radical (unpaired) electrons. The first kappa shape index (κ1) is 12.5. The topological polar surface area (TPSA) is 46.5 Å². The van der Waals surface area contributed by atoms with E-state index in [2.05, 4.69) is 30.3 Å². The van der Waals surface area contributed by atoms with Crippen LogP contribution < -0.4 is 4.52 Å². The summed E-state index contributed by atoms with van der Waals surface area (Å²) >= 11 is 0. The average Bonchev–Trinajstić information content (AvgIpc) is 2.57. The van der Waals surface area contributed by atoms with Gasteiger partial charge < -0.3 is 9.42 Å². The summed E-state index contributed by atoms with van der Waals surface area (Å²) in [7, 11) is -2.95. The van der Waals surface area contributed by atoms with E-state index in [-0.39, 0.29) is 0 Å². The zero-order valence-electron chi connectivity index (χ0n) is 10.4. The summed E-state index contributed by atoms with van der Waals surface area (Å²) in [5.41, 5.74) is 4.92. The normalized spacial score (nSPS) is 15.0. The van der Waals surface area contributed by atoms with Crippen LogP contribution in [0.15, 0.2) is 42.5 Å². The van der Waals surface area contributed by atoms with Gasteiger partial charge in [-0.1, -0.05) is 36.4 Å². The lowest BCUT2D eigenvalue weighted by Crippen LogP contribution is -1.96. The molecule has 0 bridgehead atoms. The van der Waals surface area contributed by atoms with Crippen LogP contribution in [0.2, 0.25) is 0 Å². The molecule has 0 fully saturated rings. The molecule has 1 unspecified atom stereocenters. The summed E-state index contributed by atoms with van der Waals surface area (Å²) in [6.45, 7) is 0. The summed E-state index contributed by atoms with van der Waals surface area (Å²) in [6.07, 6.45) is 2.64. The third kappa shape index (κ3) is 2.58. The first-order valence-corrected chi connectivity index (χ1v) is 7.59. The molecule has 4 heteroatoms. The van der Waals surface area contributed by atoms with E-state index in [9.17, 15) is 4.57 Å². The van der Waals surface area contributed by atoms with Crippen molar-refractivity contribution in [2.24, 2.45) is 0 Å². The molecule has 19 heavy (non-hydrogen) atoms. The summed E-state index contributed by atoms with van der Waals surface area (Å²) < 4.78 is 16.0. The molecule has 1 aliphatic rings. The summed E-state index contributed by atoms with van der Waals surface area (Å²) in [5, 5.41) is 0. The van der Waals surface area contributed by atoms with E-state index >= 15 is 0 Å². The smallest absolute Gasteiger partial charge is 0.365 e. The lowest BCUT2D eigenvalue weighted by molar-refractivity contribution is 0.408. The number of fused-ring (bicyclic) bond motifs is 2.